The second kappa shape index (κ2) is 5.32. The van der Waals surface area contributed by atoms with Gasteiger partial charge in [-0.3, -0.25) is 4.79 Å². The highest BCUT2D eigenvalue weighted by molar-refractivity contribution is 9.10. The zero-order chi connectivity index (χ0) is 11.4. The average Bonchev–Trinajstić information content (AvgIpc) is 2.74. The van der Waals surface area contributed by atoms with Gasteiger partial charge < -0.3 is 15.6 Å². The molecule has 0 unspecified atom stereocenters. The second-order valence-corrected chi connectivity index (χ2v) is 4.65. The van der Waals surface area contributed by atoms with E-state index < -0.39 is 0 Å². The minimum atomic E-state index is -0.0647. The van der Waals surface area contributed by atoms with Gasteiger partial charge >= 0.3 is 0 Å². The molecule has 1 aromatic heterocycles. The van der Waals surface area contributed by atoms with Crippen molar-refractivity contribution in [1.82, 2.24) is 15.6 Å². The van der Waals surface area contributed by atoms with E-state index in [4.69, 9.17) is 0 Å². The monoisotopic (exact) mass is 283 g/mol. The summed E-state index contributed by atoms with van der Waals surface area (Å²) >= 11 is 3.30. The van der Waals surface area contributed by atoms with Crippen LogP contribution >= 0.6 is 15.9 Å². The number of amides is 1. The van der Waals surface area contributed by atoms with E-state index in [2.05, 4.69) is 37.6 Å². The van der Waals surface area contributed by atoms with Crippen molar-refractivity contribution in [2.45, 2.75) is 6.42 Å². The highest BCUT2D eigenvalue weighted by Crippen LogP contribution is 2.10. The van der Waals surface area contributed by atoms with Gasteiger partial charge in [0.15, 0.2) is 0 Å². The van der Waals surface area contributed by atoms with Crippen LogP contribution in [0, 0.1) is 0 Å². The van der Waals surface area contributed by atoms with Crippen molar-refractivity contribution in [3.63, 3.8) is 0 Å². The quantitative estimate of drug-likeness (QED) is 0.735. The third-order valence-electron chi connectivity index (χ3n) is 2.53. The zero-order valence-corrected chi connectivity index (χ0v) is 10.4. The highest BCUT2D eigenvalue weighted by atomic mass is 79.9. The topological polar surface area (TPSA) is 56.9 Å². The lowest BCUT2D eigenvalue weighted by Gasteiger charge is -2.14. The van der Waals surface area contributed by atoms with Gasteiger partial charge in [0.1, 0.15) is 5.69 Å². The lowest BCUT2D eigenvalue weighted by Crippen LogP contribution is -2.29. The number of hydrogen-bond donors (Lipinski definition) is 3. The Labute approximate surface area is 103 Å². The molecule has 0 spiro atoms. The van der Waals surface area contributed by atoms with Crippen LogP contribution in [0.3, 0.4) is 0 Å². The first kappa shape index (κ1) is 11.4. The molecule has 0 radical (unpaired) electrons. The van der Waals surface area contributed by atoms with E-state index >= 15 is 0 Å². The molecule has 16 heavy (non-hydrogen) atoms. The second-order valence-electron chi connectivity index (χ2n) is 3.73. The Balaban J connectivity index is 1.86. The molecule has 2 rings (SSSR count). The number of carbonyl (C=O) groups excluding carboxylic acids is 1. The molecule has 3 N–H and O–H groups in total. The normalized spacial score (nSPS) is 15.7. The average molecular weight is 284 g/mol. The van der Waals surface area contributed by atoms with E-state index in [0.717, 1.165) is 24.0 Å². The summed E-state index contributed by atoms with van der Waals surface area (Å²) in [6, 6.07) is 1.77. The fourth-order valence-corrected chi connectivity index (χ4v) is 1.96. The molecule has 0 saturated heterocycles. The molecule has 5 heteroatoms. The Morgan fingerprint density at radius 2 is 2.44 bits per heavy atom. The Hall–Kier alpha value is -1.07. The van der Waals surface area contributed by atoms with Gasteiger partial charge in [0.25, 0.3) is 5.91 Å². The van der Waals surface area contributed by atoms with Gasteiger partial charge in [-0.2, -0.15) is 0 Å². The number of hydrogen-bond acceptors (Lipinski definition) is 2. The van der Waals surface area contributed by atoms with Crippen molar-refractivity contribution in [2.75, 3.05) is 19.6 Å². The Kier molecular flexibility index (Phi) is 3.79. The fourth-order valence-electron chi connectivity index (χ4n) is 1.62. The Morgan fingerprint density at radius 3 is 3.06 bits per heavy atom. The molecule has 0 aromatic carbocycles. The predicted molar refractivity (Wildman–Crippen MR) is 66.4 cm³/mol. The molecule has 1 aromatic rings. The van der Waals surface area contributed by atoms with Gasteiger partial charge in [-0.25, -0.2) is 0 Å². The summed E-state index contributed by atoms with van der Waals surface area (Å²) < 4.78 is 0.888. The summed E-state index contributed by atoms with van der Waals surface area (Å²) in [5.74, 6) is -0.0647. The molecule has 0 fully saturated rings. The molecular formula is C11H14BrN3O. The van der Waals surface area contributed by atoms with E-state index in [-0.39, 0.29) is 5.91 Å². The summed E-state index contributed by atoms with van der Waals surface area (Å²) in [5.41, 5.74) is 1.87. The lowest BCUT2D eigenvalue weighted by atomic mass is 10.1. The minimum absolute atomic E-state index is 0.0647. The number of aromatic nitrogens is 1. The standard InChI is InChI=1S/C11H14BrN3O/c12-9-5-10(14-7-9)11(16)15-6-8-1-3-13-4-2-8/h1,5,7,13-14H,2-4,6H2,(H,15,16). The summed E-state index contributed by atoms with van der Waals surface area (Å²) in [4.78, 5) is 14.6. The van der Waals surface area contributed by atoms with Gasteiger partial charge in [0.2, 0.25) is 0 Å². The molecule has 1 aliphatic heterocycles. The first-order chi connectivity index (χ1) is 7.75. The van der Waals surface area contributed by atoms with Crippen LogP contribution in [-0.4, -0.2) is 30.5 Å². The molecule has 4 nitrogen and oxygen atoms in total. The summed E-state index contributed by atoms with van der Waals surface area (Å²) in [5, 5.41) is 6.13. The Morgan fingerprint density at radius 1 is 1.56 bits per heavy atom. The third-order valence-corrected chi connectivity index (χ3v) is 2.98. The summed E-state index contributed by atoms with van der Waals surface area (Å²) in [6.45, 7) is 2.53. The molecule has 86 valence electrons. The molecule has 1 aliphatic rings. The van der Waals surface area contributed by atoms with Crippen molar-refractivity contribution in [3.8, 4) is 0 Å². The van der Waals surface area contributed by atoms with E-state index in [9.17, 15) is 4.79 Å². The smallest absolute Gasteiger partial charge is 0.267 e. The fraction of sp³-hybridized carbons (Fsp3) is 0.364. The molecule has 0 bridgehead atoms. The van der Waals surface area contributed by atoms with Crippen molar-refractivity contribution in [2.24, 2.45) is 0 Å². The largest absolute Gasteiger partial charge is 0.356 e. The van der Waals surface area contributed by atoms with Crippen LogP contribution in [0.2, 0.25) is 0 Å². The number of carbonyl (C=O) groups is 1. The van der Waals surface area contributed by atoms with Crippen LogP contribution in [0.25, 0.3) is 0 Å². The molecule has 0 atom stereocenters. The number of aromatic amines is 1. The van der Waals surface area contributed by atoms with Crippen LogP contribution in [0.1, 0.15) is 16.9 Å². The van der Waals surface area contributed by atoms with Gasteiger partial charge in [0, 0.05) is 23.8 Å². The maximum atomic E-state index is 11.7. The van der Waals surface area contributed by atoms with Crippen LogP contribution in [0.5, 0.6) is 0 Å². The highest BCUT2D eigenvalue weighted by Gasteiger charge is 2.09. The van der Waals surface area contributed by atoms with Crippen LogP contribution < -0.4 is 10.6 Å². The van der Waals surface area contributed by atoms with Crippen molar-refractivity contribution < 1.29 is 4.79 Å². The van der Waals surface area contributed by atoms with Crippen molar-refractivity contribution in [3.05, 3.63) is 34.1 Å². The van der Waals surface area contributed by atoms with Crippen molar-refractivity contribution in [1.29, 1.82) is 0 Å². The van der Waals surface area contributed by atoms with Crippen LogP contribution in [0.15, 0.2) is 28.4 Å². The third kappa shape index (κ3) is 2.96. The predicted octanol–water partition coefficient (Wildman–Crippen LogP) is 1.43. The maximum Gasteiger partial charge on any atom is 0.267 e. The minimum Gasteiger partial charge on any atom is -0.356 e. The molecule has 1 amide bonds. The first-order valence-electron chi connectivity index (χ1n) is 5.26. The summed E-state index contributed by atoms with van der Waals surface area (Å²) in [7, 11) is 0. The molecular weight excluding hydrogens is 270 g/mol. The van der Waals surface area contributed by atoms with Crippen molar-refractivity contribution >= 4 is 21.8 Å². The SMILES string of the molecule is O=C(NCC1=CCNCC1)c1cc(Br)c[nH]1. The van der Waals surface area contributed by atoms with Gasteiger partial charge in [-0.15, -0.1) is 0 Å². The van der Waals surface area contributed by atoms with Gasteiger partial charge in [0.05, 0.1) is 0 Å². The lowest BCUT2D eigenvalue weighted by molar-refractivity contribution is 0.0952. The van der Waals surface area contributed by atoms with Crippen LogP contribution in [-0.2, 0) is 0 Å². The van der Waals surface area contributed by atoms with Gasteiger partial charge in [-0.05, 0) is 35.0 Å². The Bertz CT molecular complexity index is 411. The van der Waals surface area contributed by atoms with Crippen LogP contribution in [0.4, 0.5) is 0 Å². The zero-order valence-electron chi connectivity index (χ0n) is 8.85. The molecule has 0 saturated carbocycles. The maximum absolute atomic E-state index is 11.7. The first-order valence-corrected chi connectivity index (χ1v) is 6.06. The molecule has 0 aliphatic carbocycles. The number of H-pyrrole nitrogens is 1. The van der Waals surface area contributed by atoms with E-state index in [1.165, 1.54) is 5.57 Å². The summed E-state index contributed by atoms with van der Waals surface area (Å²) in [6.07, 6.45) is 4.89. The number of rotatable bonds is 3. The molecule has 2 heterocycles. The number of nitrogens with one attached hydrogen (secondary N) is 3. The van der Waals surface area contributed by atoms with Gasteiger partial charge in [-0.1, -0.05) is 11.6 Å². The number of halogens is 1. The van der Waals surface area contributed by atoms with E-state index in [1.807, 2.05) is 0 Å². The van der Waals surface area contributed by atoms with E-state index in [0.29, 0.717) is 12.2 Å². The van der Waals surface area contributed by atoms with E-state index in [1.54, 1.807) is 12.3 Å².